The Labute approximate surface area is 195 Å². The van der Waals surface area contributed by atoms with Gasteiger partial charge >= 0.3 is 0 Å². The maximum absolute atomic E-state index is 13.2. The van der Waals surface area contributed by atoms with E-state index in [0.29, 0.717) is 5.82 Å². The molecule has 0 fully saturated rings. The van der Waals surface area contributed by atoms with Crippen LogP contribution in [0.2, 0.25) is 0 Å². The molecule has 32 heavy (non-hydrogen) atoms. The lowest BCUT2D eigenvalue weighted by Crippen LogP contribution is -2.40. The molecule has 0 saturated heterocycles. The molecule has 0 saturated carbocycles. The normalized spacial score (nSPS) is 16.6. The predicted octanol–water partition coefficient (Wildman–Crippen LogP) is 3.89. The fraction of sp³-hybridized carbons (Fsp3) is 0.348. The number of amides is 2. The van der Waals surface area contributed by atoms with Gasteiger partial charge in [-0.05, 0) is 35.7 Å². The highest BCUT2D eigenvalue weighted by Crippen LogP contribution is 2.49. The van der Waals surface area contributed by atoms with Crippen molar-refractivity contribution in [1.82, 2.24) is 9.78 Å². The number of methoxy groups -OCH3 is 1. The number of carbonyl (C=O) groups is 2. The van der Waals surface area contributed by atoms with Crippen LogP contribution in [0, 0.1) is 0 Å². The summed E-state index contributed by atoms with van der Waals surface area (Å²) in [6, 6.07) is 11.6. The molecule has 9 heteroatoms. The van der Waals surface area contributed by atoms with Crippen LogP contribution in [0.1, 0.15) is 42.2 Å². The number of ether oxygens (including phenoxy) is 1. The highest BCUT2D eigenvalue weighted by Gasteiger charge is 2.40. The number of hydrogen-bond acceptors (Lipinski definition) is 6. The first kappa shape index (κ1) is 22.4. The molecule has 3 heterocycles. The minimum atomic E-state index is -0.566. The van der Waals surface area contributed by atoms with Crippen LogP contribution in [0.25, 0.3) is 5.69 Å². The van der Waals surface area contributed by atoms with Gasteiger partial charge in [0.25, 0.3) is 0 Å². The number of rotatable bonds is 5. The summed E-state index contributed by atoms with van der Waals surface area (Å²) in [7, 11) is 1.61. The Bertz CT molecular complexity index is 1130. The van der Waals surface area contributed by atoms with E-state index in [-0.39, 0.29) is 28.9 Å². The van der Waals surface area contributed by atoms with E-state index in [4.69, 9.17) is 15.6 Å². The van der Waals surface area contributed by atoms with E-state index in [1.165, 1.54) is 4.90 Å². The van der Waals surface area contributed by atoms with Crippen molar-refractivity contribution in [2.75, 3.05) is 24.3 Å². The summed E-state index contributed by atoms with van der Waals surface area (Å²) in [5.41, 5.74) is 7.88. The SMILES string of the molecule is COc1ccc(-n2nc(C(C)(C)C)c3c2N(CC(N)=O)C(=O)CSC3c2cccs2)cc1. The molecular weight excluding hydrogens is 444 g/mol. The summed E-state index contributed by atoms with van der Waals surface area (Å²) < 4.78 is 7.06. The minimum absolute atomic E-state index is 0.0759. The van der Waals surface area contributed by atoms with Gasteiger partial charge in [0.05, 0.1) is 29.5 Å². The molecule has 7 nitrogen and oxygen atoms in total. The van der Waals surface area contributed by atoms with Crippen molar-refractivity contribution in [2.24, 2.45) is 5.73 Å². The van der Waals surface area contributed by atoms with Crippen LogP contribution in [0.3, 0.4) is 0 Å². The highest BCUT2D eigenvalue weighted by molar-refractivity contribution is 8.00. The van der Waals surface area contributed by atoms with Crippen molar-refractivity contribution in [3.8, 4) is 11.4 Å². The Balaban J connectivity index is 2.03. The van der Waals surface area contributed by atoms with E-state index in [9.17, 15) is 9.59 Å². The zero-order valence-corrected chi connectivity index (χ0v) is 20.1. The zero-order chi connectivity index (χ0) is 23.0. The van der Waals surface area contributed by atoms with Crippen molar-refractivity contribution in [2.45, 2.75) is 31.4 Å². The molecule has 0 aliphatic carbocycles. The van der Waals surface area contributed by atoms with Crippen LogP contribution in [0.4, 0.5) is 5.82 Å². The summed E-state index contributed by atoms with van der Waals surface area (Å²) >= 11 is 3.21. The van der Waals surface area contributed by atoms with Crippen LogP contribution >= 0.6 is 23.1 Å². The monoisotopic (exact) mass is 470 g/mol. The number of benzene rings is 1. The van der Waals surface area contributed by atoms with Gasteiger partial charge in [0, 0.05) is 15.9 Å². The van der Waals surface area contributed by atoms with Crippen molar-refractivity contribution in [1.29, 1.82) is 0 Å². The fourth-order valence-electron chi connectivity index (χ4n) is 3.80. The summed E-state index contributed by atoms with van der Waals surface area (Å²) in [6.07, 6.45) is 0. The molecule has 1 unspecified atom stereocenters. The number of thiophene rings is 1. The van der Waals surface area contributed by atoms with Crippen molar-refractivity contribution in [3.63, 3.8) is 0 Å². The molecule has 1 aromatic carbocycles. The van der Waals surface area contributed by atoms with Gasteiger partial charge in [0.1, 0.15) is 18.1 Å². The Morgan fingerprint density at radius 3 is 2.53 bits per heavy atom. The average molecular weight is 471 g/mol. The van der Waals surface area contributed by atoms with Gasteiger partial charge in [-0.2, -0.15) is 5.10 Å². The van der Waals surface area contributed by atoms with E-state index < -0.39 is 5.91 Å². The van der Waals surface area contributed by atoms with Crippen LogP contribution < -0.4 is 15.4 Å². The number of aromatic nitrogens is 2. The van der Waals surface area contributed by atoms with E-state index in [2.05, 4.69) is 26.8 Å². The summed E-state index contributed by atoms with van der Waals surface area (Å²) in [5.74, 6) is 0.844. The van der Waals surface area contributed by atoms with Crippen molar-refractivity contribution >= 4 is 40.7 Å². The van der Waals surface area contributed by atoms with Crippen LogP contribution in [-0.4, -0.2) is 41.0 Å². The number of primary amides is 1. The summed E-state index contributed by atoms with van der Waals surface area (Å²) in [6.45, 7) is 6.12. The molecular formula is C23H26N4O3S2. The third kappa shape index (κ3) is 4.14. The number of anilines is 1. The van der Waals surface area contributed by atoms with Gasteiger partial charge in [0.2, 0.25) is 11.8 Å². The van der Waals surface area contributed by atoms with Gasteiger partial charge < -0.3 is 10.5 Å². The highest BCUT2D eigenvalue weighted by atomic mass is 32.2. The first-order chi connectivity index (χ1) is 15.2. The average Bonchev–Trinajstić information content (AvgIpc) is 3.38. The maximum Gasteiger partial charge on any atom is 0.238 e. The summed E-state index contributed by atoms with van der Waals surface area (Å²) in [5, 5.41) is 6.96. The molecule has 0 bridgehead atoms. The van der Waals surface area contributed by atoms with Gasteiger partial charge in [-0.3, -0.25) is 14.5 Å². The van der Waals surface area contributed by atoms with Crippen LogP contribution in [-0.2, 0) is 15.0 Å². The molecule has 168 valence electrons. The van der Waals surface area contributed by atoms with Gasteiger partial charge in [-0.25, -0.2) is 4.68 Å². The van der Waals surface area contributed by atoms with E-state index in [0.717, 1.165) is 27.6 Å². The Hall–Kier alpha value is -2.78. The number of nitrogens with two attached hydrogens (primary N) is 1. The Kier molecular flexibility index (Phi) is 6.05. The second-order valence-corrected chi connectivity index (χ2v) is 10.7. The number of hydrogen-bond donors (Lipinski definition) is 1. The number of nitrogens with zero attached hydrogens (tertiary/aromatic N) is 3. The lowest BCUT2D eigenvalue weighted by Gasteiger charge is -2.23. The predicted molar refractivity (Wildman–Crippen MR) is 129 cm³/mol. The second-order valence-electron chi connectivity index (χ2n) is 8.60. The molecule has 2 amide bonds. The zero-order valence-electron chi connectivity index (χ0n) is 18.5. The largest absolute Gasteiger partial charge is 0.497 e. The fourth-order valence-corrected chi connectivity index (χ4v) is 5.97. The van der Waals surface area contributed by atoms with Gasteiger partial charge in [0.15, 0.2) is 0 Å². The van der Waals surface area contributed by atoms with Crippen molar-refractivity contribution in [3.05, 3.63) is 57.9 Å². The molecule has 2 N–H and O–H groups in total. The smallest absolute Gasteiger partial charge is 0.238 e. The van der Waals surface area contributed by atoms with Crippen LogP contribution in [0.5, 0.6) is 5.75 Å². The van der Waals surface area contributed by atoms with Gasteiger partial charge in [-0.15, -0.1) is 23.1 Å². The number of thioether (sulfide) groups is 1. The maximum atomic E-state index is 13.2. The topological polar surface area (TPSA) is 90.4 Å². The third-order valence-electron chi connectivity index (χ3n) is 5.23. The van der Waals surface area contributed by atoms with E-state index in [1.54, 1.807) is 34.9 Å². The first-order valence-electron chi connectivity index (χ1n) is 10.2. The molecule has 1 atom stereocenters. The molecule has 2 aromatic heterocycles. The molecule has 4 rings (SSSR count). The number of fused-ring (bicyclic) bond motifs is 1. The molecule has 1 aliphatic rings. The van der Waals surface area contributed by atoms with E-state index >= 15 is 0 Å². The van der Waals surface area contributed by atoms with Crippen LogP contribution in [0.15, 0.2) is 41.8 Å². The second kappa shape index (κ2) is 8.63. The first-order valence-corrected chi connectivity index (χ1v) is 12.1. The third-order valence-corrected chi connectivity index (χ3v) is 7.55. The molecule has 3 aromatic rings. The molecule has 0 radical (unpaired) electrons. The quantitative estimate of drug-likeness (QED) is 0.611. The molecule has 0 spiro atoms. The van der Waals surface area contributed by atoms with Gasteiger partial charge in [-0.1, -0.05) is 26.8 Å². The molecule has 1 aliphatic heterocycles. The Morgan fingerprint density at radius 2 is 1.97 bits per heavy atom. The minimum Gasteiger partial charge on any atom is -0.497 e. The Morgan fingerprint density at radius 1 is 1.25 bits per heavy atom. The lowest BCUT2D eigenvalue weighted by atomic mass is 9.88. The standard InChI is InChI=1S/C23H26N4O3S2/c1-23(2,3)21-19-20(16-6-5-11-31-16)32-13-18(29)26(12-17(24)28)22(19)27(25-21)14-7-9-15(30-4)10-8-14/h5-11,20H,12-13H2,1-4H3,(H2,24,28). The lowest BCUT2D eigenvalue weighted by molar-refractivity contribution is -0.121. The summed E-state index contributed by atoms with van der Waals surface area (Å²) in [4.78, 5) is 27.8. The number of carbonyl (C=O) groups excluding carboxylic acids is 2. The van der Waals surface area contributed by atoms with E-state index in [1.807, 2.05) is 35.7 Å². The van der Waals surface area contributed by atoms with Crippen molar-refractivity contribution < 1.29 is 14.3 Å².